The number of amides is 1. The van der Waals surface area contributed by atoms with Crippen molar-refractivity contribution in [3.05, 3.63) is 23.8 Å². The Morgan fingerprint density at radius 3 is 2.64 bits per heavy atom. The third-order valence-corrected chi connectivity index (χ3v) is 4.66. The summed E-state index contributed by atoms with van der Waals surface area (Å²) in [7, 11) is 3.28. The number of nitrogens with zero attached hydrogens (tertiary/aromatic N) is 1. The maximum absolute atomic E-state index is 12.9. The molecule has 5 heteroatoms. The summed E-state index contributed by atoms with van der Waals surface area (Å²) < 4.78 is 10.7. The largest absolute Gasteiger partial charge is 0.493 e. The summed E-state index contributed by atoms with van der Waals surface area (Å²) >= 11 is 0. The maximum atomic E-state index is 12.9. The number of nitrogens with one attached hydrogen (secondary N) is 1. The second kappa shape index (κ2) is 9.66. The first-order valence-electron chi connectivity index (χ1n) is 9.25. The molecule has 0 radical (unpaired) electrons. The summed E-state index contributed by atoms with van der Waals surface area (Å²) in [6.45, 7) is 7.71. The van der Waals surface area contributed by atoms with Crippen molar-refractivity contribution in [2.75, 3.05) is 40.4 Å². The number of ether oxygens (including phenoxy) is 2. The van der Waals surface area contributed by atoms with Gasteiger partial charge in [-0.15, -0.1) is 0 Å². The summed E-state index contributed by atoms with van der Waals surface area (Å²) in [6, 6.07) is 5.97. The molecule has 1 fully saturated rings. The Labute approximate surface area is 151 Å². The van der Waals surface area contributed by atoms with Gasteiger partial charge in [-0.25, -0.2) is 0 Å². The zero-order chi connectivity index (χ0) is 18.2. The van der Waals surface area contributed by atoms with E-state index in [0.717, 1.165) is 62.5 Å². The molecule has 1 aromatic carbocycles. The lowest BCUT2D eigenvalue weighted by atomic mass is 9.97. The molecule has 0 saturated carbocycles. The van der Waals surface area contributed by atoms with Gasteiger partial charge < -0.3 is 19.7 Å². The molecule has 1 aliphatic heterocycles. The van der Waals surface area contributed by atoms with Crippen LogP contribution in [-0.4, -0.2) is 51.2 Å². The van der Waals surface area contributed by atoms with Gasteiger partial charge in [0, 0.05) is 19.6 Å². The van der Waals surface area contributed by atoms with Crippen LogP contribution in [0.4, 0.5) is 0 Å². The van der Waals surface area contributed by atoms with E-state index in [1.165, 1.54) is 0 Å². The van der Waals surface area contributed by atoms with Crippen LogP contribution in [0.1, 0.15) is 32.3 Å². The summed E-state index contributed by atoms with van der Waals surface area (Å²) in [5.41, 5.74) is 1.15. The lowest BCUT2D eigenvalue weighted by Crippen LogP contribution is -2.45. The highest BCUT2D eigenvalue weighted by molar-refractivity contribution is 5.79. The third kappa shape index (κ3) is 5.63. The Balaban J connectivity index is 2.02. The molecule has 1 saturated heterocycles. The Bertz CT molecular complexity index is 554. The SMILES string of the molecule is COc1ccc(CCN(CC(C)C)C(=O)C2CCCNC2)cc1OC. The van der Waals surface area contributed by atoms with Crippen molar-refractivity contribution in [1.29, 1.82) is 0 Å². The van der Waals surface area contributed by atoms with E-state index in [9.17, 15) is 4.79 Å². The van der Waals surface area contributed by atoms with Gasteiger partial charge in [0.1, 0.15) is 0 Å². The molecule has 0 spiro atoms. The molecule has 1 aliphatic rings. The van der Waals surface area contributed by atoms with Crippen LogP contribution in [0.2, 0.25) is 0 Å². The first-order chi connectivity index (χ1) is 12.0. The van der Waals surface area contributed by atoms with Gasteiger partial charge >= 0.3 is 0 Å². The summed E-state index contributed by atoms with van der Waals surface area (Å²) in [5, 5.41) is 3.35. The van der Waals surface area contributed by atoms with Crippen LogP contribution in [0.25, 0.3) is 0 Å². The highest BCUT2D eigenvalue weighted by Gasteiger charge is 2.26. The Morgan fingerprint density at radius 1 is 1.28 bits per heavy atom. The van der Waals surface area contributed by atoms with E-state index in [2.05, 4.69) is 19.2 Å². The minimum absolute atomic E-state index is 0.123. The molecule has 5 nitrogen and oxygen atoms in total. The van der Waals surface area contributed by atoms with Crippen molar-refractivity contribution in [2.24, 2.45) is 11.8 Å². The van der Waals surface area contributed by atoms with Crippen LogP contribution in [0.5, 0.6) is 11.5 Å². The van der Waals surface area contributed by atoms with Crippen molar-refractivity contribution in [3.8, 4) is 11.5 Å². The van der Waals surface area contributed by atoms with Gasteiger partial charge in [0.15, 0.2) is 11.5 Å². The minimum atomic E-state index is 0.123. The fourth-order valence-corrected chi connectivity index (χ4v) is 3.35. The van der Waals surface area contributed by atoms with E-state index < -0.39 is 0 Å². The average molecular weight is 348 g/mol. The Kier molecular flexibility index (Phi) is 7.56. The maximum Gasteiger partial charge on any atom is 0.226 e. The molecule has 2 rings (SSSR count). The van der Waals surface area contributed by atoms with Gasteiger partial charge in [0.25, 0.3) is 0 Å². The van der Waals surface area contributed by atoms with Crippen molar-refractivity contribution >= 4 is 5.91 Å². The zero-order valence-corrected chi connectivity index (χ0v) is 16.0. The lowest BCUT2D eigenvalue weighted by Gasteiger charge is -2.31. The highest BCUT2D eigenvalue weighted by atomic mass is 16.5. The number of carbonyl (C=O) groups excluding carboxylic acids is 1. The van der Waals surface area contributed by atoms with Gasteiger partial charge in [0.2, 0.25) is 5.91 Å². The van der Waals surface area contributed by atoms with Gasteiger partial charge in [0.05, 0.1) is 20.1 Å². The summed E-state index contributed by atoms with van der Waals surface area (Å²) in [6.07, 6.45) is 2.90. The molecule has 1 heterocycles. The van der Waals surface area contributed by atoms with E-state index in [4.69, 9.17) is 9.47 Å². The number of piperidine rings is 1. The van der Waals surface area contributed by atoms with Crippen molar-refractivity contribution in [1.82, 2.24) is 10.2 Å². The molecule has 1 N–H and O–H groups in total. The molecule has 0 bridgehead atoms. The molecular weight excluding hydrogens is 316 g/mol. The fourth-order valence-electron chi connectivity index (χ4n) is 3.35. The number of rotatable bonds is 8. The number of methoxy groups -OCH3 is 2. The van der Waals surface area contributed by atoms with Crippen LogP contribution >= 0.6 is 0 Å². The first-order valence-corrected chi connectivity index (χ1v) is 9.25. The van der Waals surface area contributed by atoms with Crippen LogP contribution in [0.3, 0.4) is 0 Å². The molecule has 25 heavy (non-hydrogen) atoms. The van der Waals surface area contributed by atoms with Crippen LogP contribution in [-0.2, 0) is 11.2 Å². The van der Waals surface area contributed by atoms with Gasteiger partial charge in [-0.1, -0.05) is 19.9 Å². The molecule has 0 aromatic heterocycles. The van der Waals surface area contributed by atoms with Gasteiger partial charge in [-0.2, -0.15) is 0 Å². The second-order valence-corrected chi connectivity index (χ2v) is 7.16. The number of benzene rings is 1. The topological polar surface area (TPSA) is 50.8 Å². The van der Waals surface area contributed by atoms with Gasteiger partial charge in [-0.05, 0) is 49.4 Å². The van der Waals surface area contributed by atoms with E-state index in [1.54, 1.807) is 14.2 Å². The molecule has 0 aliphatic carbocycles. The second-order valence-electron chi connectivity index (χ2n) is 7.16. The highest BCUT2D eigenvalue weighted by Crippen LogP contribution is 2.28. The van der Waals surface area contributed by atoms with Crippen LogP contribution in [0, 0.1) is 11.8 Å². The Morgan fingerprint density at radius 2 is 2.04 bits per heavy atom. The Hall–Kier alpha value is -1.75. The van der Waals surface area contributed by atoms with Crippen molar-refractivity contribution in [3.63, 3.8) is 0 Å². The fraction of sp³-hybridized carbons (Fsp3) is 0.650. The molecule has 1 amide bonds. The van der Waals surface area contributed by atoms with E-state index in [1.807, 2.05) is 23.1 Å². The smallest absolute Gasteiger partial charge is 0.226 e. The molecule has 140 valence electrons. The normalized spacial score (nSPS) is 17.4. The average Bonchev–Trinajstić information content (AvgIpc) is 2.64. The van der Waals surface area contributed by atoms with Crippen molar-refractivity contribution < 1.29 is 14.3 Å². The number of hydrogen-bond donors (Lipinski definition) is 1. The predicted molar refractivity (Wildman–Crippen MR) is 100 cm³/mol. The zero-order valence-electron chi connectivity index (χ0n) is 16.0. The molecule has 1 atom stereocenters. The van der Waals surface area contributed by atoms with Crippen molar-refractivity contribution in [2.45, 2.75) is 33.1 Å². The molecular formula is C20H32N2O3. The van der Waals surface area contributed by atoms with E-state index in [-0.39, 0.29) is 5.92 Å². The predicted octanol–water partition coefficient (Wildman–Crippen LogP) is 2.73. The molecule has 1 aromatic rings. The summed E-state index contributed by atoms with van der Waals surface area (Å²) in [5.74, 6) is 2.35. The lowest BCUT2D eigenvalue weighted by molar-refractivity contribution is -0.136. The monoisotopic (exact) mass is 348 g/mol. The van der Waals surface area contributed by atoms with E-state index in [0.29, 0.717) is 11.8 Å². The first kappa shape index (κ1) is 19.6. The number of hydrogen-bond acceptors (Lipinski definition) is 4. The van der Waals surface area contributed by atoms with E-state index >= 15 is 0 Å². The third-order valence-electron chi connectivity index (χ3n) is 4.66. The quantitative estimate of drug-likeness (QED) is 0.785. The summed E-state index contributed by atoms with van der Waals surface area (Å²) in [4.78, 5) is 15.0. The standard InChI is InChI=1S/C20H32N2O3/c1-15(2)14-22(20(23)17-6-5-10-21-13-17)11-9-16-7-8-18(24-3)19(12-16)25-4/h7-8,12,15,17,21H,5-6,9-11,13-14H2,1-4H3. The minimum Gasteiger partial charge on any atom is -0.493 e. The molecule has 1 unspecified atom stereocenters. The van der Waals surface area contributed by atoms with Gasteiger partial charge in [-0.3, -0.25) is 4.79 Å². The van der Waals surface area contributed by atoms with Crippen LogP contribution in [0.15, 0.2) is 18.2 Å². The van der Waals surface area contributed by atoms with Crippen LogP contribution < -0.4 is 14.8 Å². The number of carbonyl (C=O) groups is 1.